The van der Waals surface area contributed by atoms with Crippen molar-refractivity contribution < 1.29 is 19.0 Å². The Morgan fingerprint density at radius 3 is 1.53 bits per heavy atom. The number of hydrogen-bond acceptors (Lipinski definition) is 6. The minimum Gasteiger partial charge on any atom is -0.466 e. The van der Waals surface area contributed by atoms with Gasteiger partial charge in [0.25, 0.3) is 0 Å². The van der Waals surface area contributed by atoms with Gasteiger partial charge < -0.3 is 24.0 Å². The summed E-state index contributed by atoms with van der Waals surface area (Å²) in [5.74, 6) is 1.19. The Morgan fingerprint density at radius 1 is 0.579 bits per heavy atom. The Morgan fingerprint density at radius 2 is 1.02 bits per heavy atom. The van der Waals surface area contributed by atoms with Crippen LogP contribution in [0.3, 0.4) is 0 Å². The van der Waals surface area contributed by atoms with Gasteiger partial charge in [-0.2, -0.15) is 0 Å². The van der Waals surface area contributed by atoms with Crippen LogP contribution in [0.15, 0.2) is 0 Å². The van der Waals surface area contributed by atoms with Crippen molar-refractivity contribution in [1.29, 1.82) is 0 Å². The maximum atomic E-state index is 12.4. The smallest absolute Gasteiger partial charge is 0.306 e. The van der Waals surface area contributed by atoms with Gasteiger partial charge in [-0.15, -0.1) is 0 Å². The van der Waals surface area contributed by atoms with E-state index in [1.54, 1.807) is 0 Å². The number of unbranched alkanes of at least 4 members (excludes halogenated alkanes) is 19. The van der Waals surface area contributed by atoms with Gasteiger partial charge in [0.1, 0.15) is 0 Å². The van der Waals surface area contributed by atoms with Crippen LogP contribution in [0.5, 0.6) is 0 Å². The summed E-state index contributed by atoms with van der Waals surface area (Å²) < 4.78 is 19.1. The number of rotatable bonds is 40. The molecule has 0 aromatic rings. The molecule has 2 atom stereocenters. The van der Waals surface area contributed by atoms with Crippen LogP contribution < -0.4 is 0 Å². The van der Waals surface area contributed by atoms with E-state index in [4.69, 9.17) is 14.2 Å². The van der Waals surface area contributed by atoms with Gasteiger partial charge in [-0.1, -0.05) is 188 Å². The van der Waals surface area contributed by atoms with Crippen LogP contribution in [-0.2, 0) is 19.0 Å². The highest BCUT2D eigenvalue weighted by Crippen LogP contribution is 2.36. The summed E-state index contributed by atoms with van der Waals surface area (Å²) in [6.45, 7) is 16.4. The standard InChI is InChI=1S/C51H100N2O4/c1-6-10-31-47(32-11-7-2)35-27-23-19-15-14-16-20-24-28-37-51(56-46-49(57-51)36-39-53-42-40-52(5)41-43-53)38-29-25-21-17-18-22-26-30-44-55-50(54)45-48(33-12-8-3)34-13-9-4/h47-49H,6-46H2,1-5H3. The summed E-state index contributed by atoms with van der Waals surface area (Å²) in [6, 6.07) is 0. The van der Waals surface area contributed by atoms with Crippen molar-refractivity contribution in [3.05, 3.63) is 0 Å². The average molecular weight is 805 g/mol. The molecule has 0 aromatic carbocycles. The van der Waals surface area contributed by atoms with Gasteiger partial charge in [0.05, 0.1) is 19.3 Å². The third-order valence-corrected chi connectivity index (χ3v) is 13.5. The molecule has 2 aliphatic heterocycles. The van der Waals surface area contributed by atoms with Crippen molar-refractivity contribution in [2.45, 2.75) is 258 Å². The summed E-state index contributed by atoms with van der Waals surface area (Å²) >= 11 is 0. The Balaban J connectivity index is 1.59. The molecule has 57 heavy (non-hydrogen) atoms. The zero-order valence-electron chi connectivity index (χ0n) is 39.3. The van der Waals surface area contributed by atoms with Crippen molar-refractivity contribution in [2.24, 2.45) is 11.8 Å². The first-order chi connectivity index (χ1) is 27.9. The van der Waals surface area contributed by atoms with Crippen LogP contribution in [-0.4, -0.2) is 80.6 Å². The molecule has 338 valence electrons. The van der Waals surface area contributed by atoms with Crippen LogP contribution in [0, 0.1) is 11.8 Å². The summed E-state index contributed by atoms with van der Waals surface area (Å²) in [6.07, 6.45) is 43.5. The zero-order chi connectivity index (χ0) is 41.1. The monoisotopic (exact) mass is 805 g/mol. The van der Waals surface area contributed by atoms with Crippen molar-refractivity contribution in [1.82, 2.24) is 9.80 Å². The van der Waals surface area contributed by atoms with Crippen LogP contribution in [0.25, 0.3) is 0 Å². The highest BCUT2D eigenvalue weighted by atomic mass is 16.7. The van der Waals surface area contributed by atoms with Crippen LogP contribution in [0.2, 0.25) is 0 Å². The molecular formula is C51H100N2O4. The molecule has 0 spiro atoms. The van der Waals surface area contributed by atoms with E-state index in [0.717, 1.165) is 44.8 Å². The highest BCUT2D eigenvalue weighted by molar-refractivity contribution is 5.69. The predicted molar refractivity (Wildman–Crippen MR) is 245 cm³/mol. The van der Waals surface area contributed by atoms with E-state index in [2.05, 4.69) is 44.5 Å². The Bertz CT molecular complexity index is 878. The molecular weight excluding hydrogens is 705 g/mol. The van der Waals surface area contributed by atoms with E-state index in [1.807, 2.05) is 0 Å². The fourth-order valence-electron chi connectivity index (χ4n) is 9.40. The van der Waals surface area contributed by atoms with Gasteiger partial charge in [0.2, 0.25) is 0 Å². The topological polar surface area (TPSA) is 51.2 Å². The lowest BCUT2D eigenvalue weighted by Gasteiger charge is -2.33. The highest BCUT2D eigenvalue weighted by Gasteiger charge is 2.40. The number of ether oxygens (including phenoxy) is 3. The van der Waals surface area contributed by atoms with Crippen molar-refractivity contribution in [3.63, 3.8) is 0 Å². The largest absolute Gasteiger partial charge is 0.466 e. The van der Waals surface area contributed by atoms with E-state index in [9.17, 15) is 4.79 Å². The molecule has 2 saturated heterocycles. The summed E-state index contributed by atoms with van der Waals surface area (Å²) in [7, 11) is 2.24. The molecule has 2 rings (SSSR count). The third kappa shape index (κ3) is 27.7. The van der Waals surface area contributed by atoms with E-state index in [1.165, 1.54) is 212 Å². The molecule has 2 heterocycles. The maximum Gasteiger partial charge on any atom is 0.306 e. The number of piperazine rings is 1. The lowest BCUT2D eigenvalue weighted by Crippen LogP contribution is -2.45. The van der Waals surface area contributed by atoms with Gasteiger partial charge in [0.15, 0.2) is 5.79 Å². The fourth-order valence-corrected chi connectivity index (χ4v) is 9.40. The second-order valence-corrected chi connectivity index (χ2v) is 18.9. The van der Waals surface area contributed by atoms with Crippen LogP contribution in [0.1, 0.15) is 246 Å². The summed E-state index contributed by atoms with van der Waals surface area (Å²) in [5, 5.41) is 0. The molecule has 0 N–H and O–H groups in total. The van der Waals surface area contributed by atoms with E-state index < -0.39 is 0 Å². The quantitative estimate of drug-likeness (QED) is 0.0454. The lowest BCUT2D eigenvalue weighted by atomic mass is 9.90. The first kappa shape index (κ1) is 52.4. The Kier molecular flexibility index (Phi) is 33.1. The van der Waals surface area contributed by atoms with Gasteiger partial charge in [-0.05, 0) is 57.4 Å². The van der Waals surface area contributed by atoms with Gasteiger partial charge in [-0.3, -0.25) is 4.79 Å². The average Bonchev–Trinajstić information content (AvgIpc) is 3.63. The summed E-state index contributed by atoms with van der Waals surface area (Å²) in [4.78, 5) is 17.5. The van der Waals surface area contributed by atoms with Gasteiger partial charge in [-0.25, -0.2) is 0 Å². The first-order valence-electron chi connectivity index (χ1n) is 25.8. The molecule has 6 nitrogen and oxygen atoms in total. The Labute approximate surface area is 356 Å². The number of nitrogens with zero attached hydrogens (tertiary/aromatic N) is 2. The Hall–Kier alpha value is -0.690. The second kappa shape index (κ2) is 36.0. The predicted octanol–water partition coefficient (Wildman–Crippen LogP) is 14.5. The van der Waals surface area contributed by atoms with Crippen molar-refractivity contribution in [2.75, 3.05) is 53.0 Å². The minimum atomic E-state index is -0.345. The number of carbonyl (C=O) groups excluding carboxylic acids is 1. The lowest BCUT2D eigenvalue weighted by molar-refractivity contribution is -0.180. The van der Waals surface area contributed by atoms with Crippen LogP contribution in [0.4, 0.5) is 0 Å². The maximum absolute atomic E-state index is 12.4. The minimum absolute atomic E-state index is 0.0292. The molecule has 0 saturated carbocycles. The SMILES string of the molecule is CCCCC(CCCC)CCCCCCCCCCCC1(CCCCCCCCCCOC(=O)CC(CCCC)CCCC)OCC(CCN2CCN(C)CC2)O1. The third-order valence-electron chi connectivity index (χ3n) is 13.5. The molecule has 0 bridgehead atoms. The van der Waals surface area contributed by atoms with E-state index >= 15 is 0 Å². The fraction of sp³-hybridized carbons (Fsp3) is 0.980. The molecule has 0 aromatic heterocycles. The molecule has 6 heteroatoms. The number of carbonyl (C=O) groups is 1. The molecule has 2 fully saturated rings. The van der Waals surface area contributed by atoms with E-state index in [-0.39, 0.29) is 17.9 Å². The van der Waals surface area contributed by atoms with Gasteiger partial charge >= 0.3 is 5.97 Å². The second-order valence-electron chi connectivity index (χ2n) is 18.9. The van der Waals surface area contributed by atoms with E-state index in [0.29, 0.717) is 18.9 Å². The number of esters is 1. The summed E-state index contributed by atoms with van der Waals surface area (Å²) in [5.41, 5.74) is 0. The molecule has 0 radical (unpaired) electrons. The molecule has 2 aliphatic rings. The van der Waals surface area contributed by atoms with Crippen LogP contribution >= 0.6 is 0 Å². The van der Waals surface area contributed by atoms with Gasteiger partial charge in [0, 0.05) is 52.0 Å². The first-order valence-corrected chi connectivity index (χ1v) is 25.8. The molecule has 0 amide bonds. The number of hydrogen-bond donors (Lipinski definition) is 0. The number of likely N-dealkylation sites (N-methyl/N-ethyl adjacent to an activating group) is 1. The normalized spacial score (nSPS) is 19.4. The zero-order valence-corrected chi connectivity index (χ0v) is 39.3. The molecule has 2 unspecified atom stereocenters. The molecule has 0 aliphatic carbocycles. The van der Waals surface area contributed by atoms with Crippen molar-refractivity contribution in [3.8, 4) is 0 Å². The van der Waals surface area contributed by atoms with Crippen molar-refractivity contribution >= 4 is 5.97 Å².